The molecule has 0 spiro atoms. The number of benzene rings is 4. The van der Waals surface area contributed by atoms with Crippen molar-refractivity contribution in [2.45, 2.75) is 24.2 Å². The zero-order chi connectivity index (χ0) is 22.9. The number of ketones is 1. The Labute approximate surface area is 200 Å². The number of Topliss-reactive ketones (excluding diaryl/α,β-unsaturated/α-hetero) is 1. The van der Waals surface area contributed by atoms with Crippen LogP contribution in [0.1, 0.15) is 46.4 Å². The predicted octanol–water partition coefficient (Wildman–Crippen LogP) is 5.96. The molecule has 168 valence electrons. The van der Waals surface area contributed by atoms with E-state index in [0.717, 1.165) is 22.3 Å². The van der Waals surface area contributed by atoms with Gasteiger partial charge in [0.25, 0.3) is 0 Å². The molecule has 0 radical (unpaired) electrons. The second-order valence-corrected chi connectivity index (χ2v) is 9.34. The zero-order valence-electron chi connectivity index (χ0n) is 18.9. The molecular formula is C31H28N2O. The number of carbonyl (C=O) groups is 1. The third-order valence-corrected chi connectivity index (χ3v) is 7.45. The molecule has 4 atom stereocenters. The van der Waals surface area contributed by atoms with Gasteiger partial charge < -0.3 is 10.6 Å². The van der Waals surface area contributed by atoms with Crippen LogP contribution in [-0.2, 0) is 4.79 Å². The van der Waals surface area contributed by atoms with Gasteiger partial charge in [-0.2, -0.15) is 0 Å². The van der Waals surface area contributed by atoms with Crippen LogP contribution >= 0.6 is 0 Å². The largest absolute Gasteiger partial charge is 0.302 e. The number of nitrogens with one attached hydrogen (secondary N) is 2. The van der Waals surface area contributed by atoms with Crippen molar-refractivity contribution in [2.75, 3.05) is 0 Å². The summed E-state index contributed by atoms with van der Waals surface area (Å²) in [6.07, 6.45) is 0. The first kappa shape index (κ1) is 21.0. The van der Waals surface area contributed by atoms with Crippen LogP contribution in [0.3, 0.4) is 0 Å². The van der Waals surface area contributed by atoms with E-state index in [2.05, 4.69) is 108 Å². The van der Waals surface area contributed by atoms with Crippen molar-refractivity contribution in [3.05, 3.63) is 144 Å². The first-order valence-corrected chi connectivity index (χ1v) is 12.1. The van der Waals surface area contributed by atoms with Crippen molar-refractivity contribution in [2.24, 2.45) is 11.8 Å². The topological polar surface area (TPSA) is 41.1 Å². The second kappa shape index (κ2) is 9.02. The van der Waals surface area contributed by atoms with Gasteiger partial charge in [0.05, 0.1) is 11.8 Å². The van der Waals surface area contributed by atoms with E-state index in [-0.39, 0.29) is 36.0 Å². The Hall–Kier alpha value is -3.53. The number of hydrogen-bond donors (Lipinski definition) is 2. The summed E-state index contributed by atoms with van der Waals surface area (Å²) in [5, 5.41) is 7.91. The Morgan fingerprint density at radius 1 is 0.382 bits per heavy atom. The fourth-order valence-corrected chi connectivity index (χ4v) is 5.92. The smallest absolute Gasteiger partial charge is 0.146 e. The van der Waals surface area contributed by atoms with Crippen molar-refractivity contribution in [3.8, 4) is 0 Å². The normalized spacial score (nSPS) is 28.4. The maximum atomic E-state index is 14.5. The molecule has 2 aliphatic heterocycles. The minimum absolute atomic E-state index is 0.0791. The number of carbonyl (C=O) groups excluding carboxylic acids is 1. The lowest BCUT2D eigenvalue weighted by Crippen LogP contribution is -2.60. The summed E-state index contributed by atoms with van der Waals surface area (Å²) in [5.74, 6) is -0.0626. The second-order valence-electron chi connectivity index (χ2n) is 9.34. The Balaban J connectivity index is 1.52. The molecule has 3 nitrogen and oxygen atoms in total. The number of piperidine rings is 2. The van der Waals surface area contributed by atoms with E-state index in [4.69, 9.17) is 0 Å². The van der Waals surface area contributed by atoms with E-state index in [1.807, 2.05) is 24.3 Å². The highest BCUT2D eigenvalue weighted by Crippen LogP contribution is 2.51. The molecule has 34 heavy (non-hydrogen) atoms. The lowest BCUT2D eigenvalue weighted by Gasteiger charge is -2.52. The van der Waals surface area contributed by atoms with E-state index in [0.29, 0.717) is 5.78 Å². The molecular weight excluding hydrogens is 416 g/mol. The number of fused-ring (bicyclic) bond motifs is 2. The van der Waals surface area contributed by atoms with Gasteiger partial charge in [-0.3, -0.25) is 4.79 Å². The van der Waals surface area contributed by atoms with Gasteiger partial charge in [-0.15, -0.1) is 0 Å². The Kier molecular flexibility index (Phi) is 5.58. The van der Waals surface area contributed by atoms with Gasteiger partial charge in [0.1, 0.15) is 5.78 Å². The van der Waals surface area contributed by atoms with Crippen molar-refractivity contribution in [1.29, 1.82) is 0 Å². The summed E-state index contributed by atoms with van der Waals surface area (Å²) in [6.45, 7) is 0. The molecule has 2 N–H and O–H groups in total. The molecule has 2 heterocycles. The van der Waals surface area contributed by atoms with Gasteiger partial charge in [0, 0.05) is 24.2 Å². The summed E-state index contributed by atoms with van der Waals surface area (Å²) >= 11 is 0. The molecule has 2 fully saturated rings. The van der Waals surface area contributed by atoms with Crippen LogP contribution in [0.4, 0.5) is 0 Å². The van der Waals surface area contributed by atoms with Crippen molar-refractivity contribution >= 4 is 5.78 Å². The van der Waals surface area contributed by atoms with Crippen LogP contribution in [-0.4, -0.2) is 5.78 Å². The Morgan fingerprint density at radius 2 is 0.618 bits per heavy atom. The lowest BCUT2D eigenvalue weighted by atomic mass is 9.64. The molecule has 0 amide bonds. The summed E-state index contributed by atoms with van der Waals surface area (Å²) in [6, 6.07) is 41.4. The van der Waals surface area contributed by atoms with Gasteiger partial charge in [-0.25, -0.2) is 0 Å². The van der Waals surface area contributed by atoms with Crippen molar-refractivity contribution in [3.63, 3.8) is 0 Å². The first-order chi connectivity index (χ1) is 16.8. The molecule has 2 aliphatic rings. The molecule has 0 saturated carbocycles. The van der Waals surface area contributed by atoms with Crippen molar-refractivity contribution < 1.29 is 4.79 Å². The highest BCUT2D eigenvalue weighted by molar-refractivity contribution is 5.89. The molecule has 4 aromatic carbocycles. The fraction of sp³-hybridized carbons (Fsp3) is 0.194. The van der Waals surface area contributed by atoms with E-state index in [9.17, 15) is 4.79 Å². The Morgan fingerprint density at radius 3 is 0.853 bits per heavy atom. The predicted molar refractivity (Wildman–Crippen MR) is 135 cm³/mol. The van der Waals surface area contributed by atoms with Gasteiger partial charge in [0.2, 0.25) is 0 Å². The van der Waals surface area contributed by atoms with Crippen LogP contribution in [0.25, 0.3) is 0 Å². The summed E-state index contributed by atoms with van der Waals surface area (Å²) in [4.78, 5) is 14.5. The summed E-state index contributed by atoms with van der Waals surface area (Å²) in [7, 11) is 0. The lowest BCUT2D eigenvalue weighted by molar-refractivity contribution is -0.139. The Bertz CT molecular complexity index is 1050. The zero-order valence-corrected chi connectivity index (χ0v) is 18.9. The molecule has 4 unspecified atom stereocenters. The average molecular weight is 445 g/mol. The third-order valence-electron chi connectivity index (χ3n) is 7.45. The highest BCUT2D eigenvalue weighted by Gasteiger charge is 2.55. The summed E-state index contributed by atoms with van der Waals surface area (Å²) in [5.41, 5.74) is 4.62. The monoisotopic (exact) mass is 444 g/mol. The van der Waals surface area contributed by atoms with E-state index < -0.39 is 0 Å². The quantitative estimate of drug-likeness (QED) is 0.408. The fourth-order valence-electron chi connectivity index (χ4n) is 5.92. The van der Waals surface area contributed by atoms with Gasteiger partial charge in [0.15, 0.2) is 0 Å². The molecule has 0 aromatic heterocycles. The first-order valence-electron chi connectivity index (χ1n) is 12.1. The van der Waals surface area contributed by atoms with Crippen molar-refractivity contribution in [1.82, 2.24) is 10.6 Å². The van der Waals surface area contributed by atoms with Crippen LogP contribution in [0.5, 0.6) is 0 Å². The minimum Gasteiger partial charge on any atom is -0.302 e. The van der Waals surface area contributed by atoms with E-state index in [1.165, 1.54) is 0 Å². The van der Waals surface area contributed by atoms with E-state index in [1.54, 1.807) is 0 Å². The van der Waals surface area contributed by atoms with Gasteiger partial charge >= 0.3 is 0 Å². The molecule has 2 bridgehead atoms. The maximum absolute atomic E-state index is 14.5. The van der Waals surface area contributed by atoms with Crippen LogP contribution in [0, 0.1) is 11.8 Å². The molecule has 3 heteroatoms. The highest BCUT2D eigenvalue weighted by atomic mass is 16.1. The maximum Gasteiger partial charge on any atom is 0.146 e. The molecule has 4 aromatic rings. The van der Waals surface area contributed by atoms with Crippen LogP contribution in [0.2, 0.25) is 0 Å². The van der Waals surface area contributed by atoms with E-state index >= 15 is 0 Å². The van der Waals surface area contributed by atoms with Gasteiger partial charge in [-0.05, 0) is 22.3 Å². The number of hydrogen-bond acceptors (Lipinski definition) is 3. The molecule has 0 aliphatic carbocycles. The van der Waals surface area contributed by atoms with Crippen LogP contribution in [0.15, 0.2) is 121 Å². The standard InChI is InChI=1S/C31H28N2O/c34-31-25-27(21-13-5-1-6-14-21)32-29(23-17-9-3-10-18-23)26(31)30(24-19-11-4-12-20-24)33-28(25)22-15-7-2-8-16-22/h1-20,25-30,32-33H. The molecule has 6 rings (SSSR count). The molecule has 2 saturated heterocycles. The third kappa shape index (κ3) is 3.67. The van der Waals surface area contributed by atoms with Crippen LogP contribution < -0.4 is 10.6 Å². The number of rotatable bonds is 4. The SMILES string of the molecule is O=C1C2C(c3ccccc3)NC(c3ccccc3)C1C(c1ccccc1)NC2c1ccccc1. The van der Waals surface area contributed by atoms with Gasteiger partial charge in [-0.1, -0.05) is 121 Å². The average Bonchev–Trinajstić information content (AvgIpc) is 2.91. The minimum atomic E-state index is -0.199. The summed E-state index contributed by atoms with van der Waals surface area (Å²) < 4.78 is 0.